The van der Waals surface area contributed by atoms with Crippen LogP contribution in [0.4, 0.5) is 0 Å². The summed E-state index contributed by atoms with van der Waals surface area (Å²) in [4.78, 5) is 7.41. The molecule has 0 bridgehead atoms. The van der Waals surface area contributed by atoms with Crippen LogP contribution >= 0.6 is 11.3 Å². The Hall–Kier alpha value is -3.23. The maximum Gasteiger partial charge on any atom is 0.124 e. The minimum absolute atomic E-state index is 0.115. The van der Waals surface area contributed by atoms with Crippen LogP contribution in [0.1, 0.15) is 43.0 Å². The number of hydrogen-bond donors (Lipinski definition) is 0. The highest BCUT2D eigenvalue weighted by Crippen LogP contribution is 2.36. The first-order chi connectivity index (χ1) is 16.2. The van der Waals surface area contributed by atoms with Crippen molar-refractivity contribution >= 4 is 21.6 Å². The molecule has 0 aliphatic heterocycles. The molecular formula is C32H31NS. The van der Waals surface area contributed by atoms with E-state index in [1.807, 2.05) is 0 Å². The Bertz CT molecular complexity index is 1480. The smallest absolute Gasteiger partial charge is 0.124 e. The van der Waals surface area contributed by atoms with Gasteiger partial charge in [0.2, 0.25) is 0 Å². The molecule has 0 amide bonds. The molecular weight excluding hydrogens is 430 g/mol. The summed E-state index contributed by atoms with van der Waals surface area (Å²) in [6.07, 6.45) is 0. The monoisotopic (exact) mass is 461 g/mol. The average Bonchev–Trinajstić information content (AvgIpc) is 3.22. The minimum atomic E-state index is 0.115. The van der Waals surface area contributed by atoms with Gasteiger partial charge in [-0.2, -0.15) is 0 Å². The minimum Gasteiger partial charge on any atom is -0.237 e. The second-order valence-electron chi connectivity index (χ2n) is 10.4. The lowest BCUT2D eigenvalue weighted by molar-refractivity contribution is 0.590. The zero-order chi connectivity index (χ0) is 24.0. The lowest BCUT2D eigenvalue weighted by Crippen LogP contribution is -2.11. The Morgan fingerprint density at radius 1 is 0.676 bits per heavy atom. The van der Waals surface area contributed by atoms with Crippen molar-refractivity contribution in [1.29, 1.82) is 0 Å². The van der Waals surface area contributed by atoms with Crippen molar-refractivity contribution in [3.05, 3.63) is 101 Å². The fourth-order valence-electron chi connectivity index (χ4n) is 4.66. The molecule has 0 atom stereocenters. The summed E-state index contributed by atoms with van der Waals surface area (Å²) in [6, 6.07) is 28.9. The zero-order valence-electron chi connectivity index (χ0n) is 20.9. The number of fused-ring (bicyclic) bond motifs is 1. The molecule has 170 valence electrons. The quantitative estimate of drug-likeness (QED) is 0.261. The van der Waals surface area contributed by atoms with Crippen LogP contribution in [0.2, 0.25) is 0 Å². The van der Waals surface area contributed by atoms with Gasteiger partial charge in [0.1, 0.15) is 4.83 Å². The predicted molar refractivity (Wildman–Crippen MR) is 149 cm³/mol. The molecule has 3 aromatic carbocycles. The van der Waals surface area contributed by atoms with E-state index in [1.165, 1.54) is 54.8 Å². The molecule has 0 aliphatic rings. The SMILES string of the molecule is Cc1cc(-c2ccc3cc(-c4ccc(-c5c(C)cccc5C)cc4)sc3n2)cc(C(C)(C)C)c1. The van der Waals surface area contributed by atoms with E-state index in [9.17, 15) is 0 Å². The highest BCUT2D eigenvalue weighted by molar-refractivity contribution is 7.21. The summed E-state index contributed by atoms with van der Waals surface area (Å²) < 4.78 is 0. The fourth-order valence-corrected chi connectivity index (χ4v) is 5.69. The van der Waals surface area contributed by atoms with Crippen molar-refractivity contribution in [2.75, 3.05) is 0 Å². The van der Waals surface area contributed by atoms with Crippen LogP contribution in [0.5, 0.6) is 0 Å². The van der Waals surface area contributed by atoms with E-state index in [0.717, 1.165) is 10.5 Å². The Morgan fingerprint density at radius 2 is 1.35 bits per heavy atom. The number of hydrogen-bond acceptors (Lipinski definition) is 2. The van der Waals surface area contributed by atoms with Crippen molar-refractivity contribution in [2.24, 2.45) is 0 Å². The van der Waals surface area contributed by atoms with Gasteiger partial charge in [0.25, 0.3) is 0 Å². The van der Waals surface area contributed by atoms with E-state index >= 15 is 0 Å². The third kappa shape index (κ3) is 4.31. The number of thiophene rings is 1. The molecule has 0 N–H and O–H groups in total. The van der Waals surface area contributed by atoms with Gasteiger partial charge in [-0.05, 0) is 89.9 Å². The third-order valence-electron chi connectivity index (χ3n) is 6.56. The van der Waals surface area contributed by atoms with E-state index in [-0.39, 0.29) is 5.41 Å². The van der Waals surface area contributed by atoms with E-state index in [2.05, 4.69) is 120 Å². The molecule has 0 saturated heterocycles. The van der Waals surface area contributed by atoms with E-state index < -0.39 is 0 Å². The Labute approximate surface area is 207 Å². The van der Waals surface area contributed by atoms with Crippen molar-refractivity contribution < 1.29 is 0 Å². The Kier molecular flexibility index (Phi) is 5.65. The molecule has 0 unspecified atom stereocenters. The van der Waals surface area contributed by atoms with E-state index in [1.54, 1.807) is 11.3 Å². The van der Waals surface area contributed by atoms with Gasteiger partial charge in [0, 0.05) is 15.8 Å². The molecule has 0 fully saturated rings. The molecule has 1 nitrogen and oxygen atoms in total. The van der Waals surface area contributed by atoms with Crippen molar-refractivity contribution in [1.82, 2.24) is 4.98 Å². The van der Waals surface area contributed by atoms with Crippen LogP contribution in [-0.4, -0.2) is 4.98 Å². The van der Waals surface area contributed by atoms with Gasteiger partial charge in [-0.3, -0.25) is 0 Å². The van der Waals surface area contributed by atoms with Gasteiger partial charge in [-0.15, -0.1) is 11.3 Å². The second-order valence-corrected chi connectivity index (χ2v) is 11.4. The largest absolute Gasteiger partial charge is 0.237 e. The topological polar surface area (TPSA) is 12.9 Å². The van der Waals surface area contributed by atoms with Gasteiger partial charge < -0.3 is 0 Å². The van der Waals surface area contributed by atoms with E-state index in [4.69, 9.17) is 4.98 Å². The van der Waals surface area contributed by atoms with Crippen molar-refractivity contribution in [3.8, 4) is 32.8 Å². The lowest BCUT2D eigenvalue weighted by atomic mass is 9.85. The first-order valence-electron chi connectivity index (χ1n) is 11.9. The number of aromatic nitrogens is 1. The third-order valence-corrected chi connectivity index (χ3v) is 7.66. The van der Waals surface area contributed by atoms with Crippen LogP contribution in [0.25, 0.3) is 43.0 Å². The van der Waals surface area contributed by atoms with Crippen LogP contribution < -0.4 is 0 Å². The molecule has 2 heteroatoms. The average molecular weight is 462 g/mol. The highest BCUT2D eigenvalue weighted by atomic mass is 32.1. The highest BCUT2D eigenvalue weighted by Gasteiger charge is 2.16. The molecule has 2 heterocycles. The molecule has 34 heavy (non-hydrogen) atoms. The van der Waals surface area contributed by atoms with Gasteiger partial charge >= 0.3 is 0 Å². The maximum absolute atomic E-state index is 5.06. The summed E-state index contributed by atoms with van der Waals surface area (Å²) >= 11 is 1.77. The Balaban J connectivity index is 1.50. The van der Waals surface area contributed by atoms with Crippen LogP contribution in [-0.2, 0) is 5.41 Å². The lowest BCUT2D eigenvalue weighted by Gasteiger charge is -2.20. The Morgan fingerprint density at radius 3 is 2.03 bits per heavy atom. The summed E-state index contributed by atoms with van der Waals surface area (Å²) in [5.41, 5.74) is 11.5. The molecule has 5 rings (SSSR count). The van der Waals surface area contributed by atoms with Gasteiger partial charge in [0.05, 0.1) is 5.69 Å². The van der Waals surface area contributed by atoms with Gasteiger partial charge in [0.15, 0.2) is 0 Å². The number of rotatable bonds is 3. The fraction of sp³-hybridized carbons (Fsp3) is 0.219. The second kappa shape index (κ2) is 8.52. The van der Waals surface area contributed by atoms with E-state index in [0.29, 0.717) is 0 Å². The normalized spacial score (nSPS) is 11.8. The first kappa shape index (κ1) is 22.6. The first-order valence-corrected chi connectivity index (χ1v) is 12.7. The number of nitrogens with zero attached hydrogens (tertiary/aromatic N) is 1. The standard InChI is InChI=1S/C32H31NS/c1-20-16-26(18-27(17-20)32(4,5)6)28-15-14-25-19-29(34-31(25)33-28)23-10-12-24(13-11-23)30-21(2)8-7-9-22(30)3/h7-19H,1-6H3. The summed E-state index contributed by atoms with van der Waals surface area (Å²) in [7, 11) is 0. The van der Waals surface area contributed by atoms with Crippen molar-refractivity contribution in [2.45, 2.75) is 47.0 Å². The summed E-state index contributed by atoms with van der Waals surface area (Å²) in [5, 5.41) is 1.20. The maximum atomic E-state index is 5.06. The number of benzene rings is 3. The van der Waals surface area contributed by atoms with Crippen LogP contribution in [0.15, 0.2) is 78.9 Å². The van der Waals surface area contributed by atoms with Gasteiger partial charge in [-0.1, -0.05) is 74.9 Å². The summed E-state index contributed by atoms with van der Waals surface area (Å²) in [6.45, 7) is 13.3. The number of aryl methyl sites for hydroxylation is 3. The van der Waals surface area contributed by atoms with Crippen molar-refractivity contribution in [3.63, 3.8) is 0 Å². The summed E-state index contributed by atoms with van der Waals surface area (Å²) in [5.74, 6) is 0. The van der Waals surface area contributed by atoms with Crippen LogP contribution in [0, 0.1) is 20.8 Å². The molecule has 5 aromatic rings. The van der Waals surface area contributed by atoms with Crippen LogP contribution in [0.3, 0.4) is 0 Å². The number of pyridine rings is 1. The molecule has 0 aliphatic carbocycles. The zero-order valence-corrected chi connectivity index (χ0v) is 21.7. The molecule has 0 radical (unpaired) electrons. The molecule has 2 aromatic heterocycles. The molecule has 0 spiro atoms. The molecule has 0 saturated carbocycles. The predicted octanol–water partition coefficient (Wildman–Crippen LogP) is 9.52. The van der Waals surface area contributed by atoms with Gasteiger partial charge in [-0.25, -0.2) is 4.98 Å².